The van der Waals surface area contributed by atoms with Gasteiger partial charge in [0.05, 0.1) is 16.6 Å². The summed E-state index contributed by atoms with van der Waals surface area (Å²) in [5, 5.41) is 9.76. The Morgan fingerprint density at radius 1 is 1.37 bits per heavy atom. The quantitative estimate of drug-likeness (QED) is 0.591. The molecule has 0 saturated carbocycles. The summed E-state index contributed by atoms with van der Waals surface area (Å²) in [4.78, 5) is 30.1. The summed E-state index contributed by atoms with van der Waals surface area (Å²) < 4.78 is 16.0. The minimum absolute atomic E-state index is 0.0994. The van der Waals surface area contributed by atoms with E-state index in [4.69, 9.17) is 5.73 Å². The number of benzene rings is 1. The van der Waals surface area contributed by atoms with Gasteiger partial charge in [-0.3, -0.25) is 4.79 Å². The van der Waals surface area contributed by atoms with E-state index < -0.39 is 22.8 Å². The van der Waals surface area contributed by atoms with Gasteiger partial charge in [0.25, 0.3) is 0 Å². The van der Waals surface area contributed by atoms with Gasteiger partial charge in [-0.05, 0) is 25.1 Å². The van der Waals surface area contributed by atoms with Gasteiger partial charge in [-0.1, -0.05) is 0 Å². The van der Waals surface area contributed by atoms with E-state index in [1.807, 2.05) is 11.8 Å². The Morgan fingerprint density at radius 2 is 2.07 bits per heavy atom. The number of carbonyl (C=O) groups is 1. The molecular formula is C18H18FN5O3. The largest absolute Gasteiger partial charge is 0.477 e. The van der Waals surface area contributed by atoms with Gasteiger partial charge in [0.15, 0.2) is 5.65 Å². The van der Waals surface area contributed by atoms with Crippen LogP contribution in [0, 0.1) is 5.82 Å². The number of rotatable bonds is 3. The molecule has 1 aromatic carbocycles. The zero-order chi connectivity index (χ0) is 19.5. The molecule has 0 aliphatic carbocycles. The molecule has 4 N–H and O–H groups in total. The Kier molecular flexibility index (Phi) is 3.60. The zero-order valence-corrected chi connectivity index (χ0v) is 14.8. The molecule has 9 heteroatoms. The highest BCUT2D eigenvalue weighted by atomic mass is 19.1. The van der Waals surface area contributed by atoms with Crippen molar-refractivity contribution in [3.05, 3.63) is 46.0 Å². The molecule has 1 fully saturated rings. The molecule has 3 aromatic rings. The van der Waals surface area contributed by atoms with E-state index >= 15 is 0 Å². The zero-order valence-electron chi connectivity index (χ0n) is 14.8. The lowest BCUT2D eigenvalue weighted by Gasteiger charge is -2.47. The number of fused-ring (bicyclic) bond motifs is 2. The maximum Gasteiger partial charge on any atom is 0.341 e. The molecular weight excluding hydrogens is 353 g/mol. The topological polar surface area (TPSA) is 113 Å². The van der Waals surface area contributed by atoms with Crippen molar-refractivity contribution < 1.29 is 14.3 Å². The van der Waals surface area contributed by atoms with Crippen LogP contribution in [0.25, 0.3) is 21.9 Å². The minimum Gasteiger partial charge on any atom is -0.477 e. The van der Waals surface area contributed by atoms with Gasteiger partial charge >= 0.3 is 5.97 Å². The number of aromatic nitrogens is 2. The van der Waals surface area contributed by atoms with Crippen molar-refractivity contribution in [3.8, 4) is 0 Å². The van der Waals surface area contributed by atoms with Crippen molar-refractivity contribution >= 4 is 33.6 Å². The van der Waals surface area contributed by atoms with E-state index in [1.165, 1.54) is 23.0 Å². The van der Waals surface area contributed by atoms with Crippen molar-refractivity contribution in [1.82, 2.24) is 9.66 Å². The Balaban J connectivity index is 1.96. The molecule has 8 nitrogen and oxygen atoms in total. The van der Waals surface area contributed by atoms with E-state index in [0.29, 0.717) is 29.7 Å². The van der Waals surface area contributed by atoms with Crippen molar-refractivity contribution in [2.45, 2.75) is 12.5 Å². The summed E-state index contributed by atoms with van der Waals surface area (Å²) in [7, 11) is 1.58. The Labute approximate surface area is 153 Å². The number of carboxylic acids is 1. The van der Waals surface area contributed by atoms with Crippen molar-refractivity contribution in [1.29, 1.82) is 0 Å². The number of nitrogens with one attached hydrogen (secondary N) is 1. The molecule has 1 aliphatic heterocycles. The lowest BCUT2D eigenvalue weighted by atomic mass is 9.93. The summed E-state index contributed by atoms with van der Waals surface area (Å²) >= 11 is 0. The number of carboxylic acid groups (broad SMARTS) is 1. The fourth-order valence-corrected chi connectivity index (χ4v) is 3.48. The predicted molar refractivity (Wildman–Crippen MR) is 101 cm³/mol. The Morgan fingerprint density at radius 3 is 2.67 bits per heavy atom. The molecule has 27 heavy (non-hydrogen) atoms. The van der Waals surface area contributed by atoms with E-state index in [1.54, 1.807) is 13.1 Å². The van der Waals surface area contributed by atoms with Gasteiger partial charge in [-0.15, -0.1) is 0 Å². The van der Waals surface area contributed by atoms with Crippen molar-refractivity contribution in [2.75, 3.05) is 30.5 Å². The van der Waals surface area contributed by atoms with E-state index in [9.17, 15) is 19.1 Å². The molecule has 0 bridgehead atoms. The summed E-state index contributed by atoms with van der Waals surface area (Å²) in [5.41, 5.74) is 8.56. The first-order valence-corrected chi connectivity index (χ1v) is 8.35. The third-order valence-corrected chi connectivity index (χ3v) is 4.75. The van der Waals surface area contributed by atoms with E-state index in [0.717, 1.165) is 0 Å². The van der Waals surface area contributed by atoms with Crippen LogP contribution in [0.1, 0.15) is 17.3 Å². The first kappa shape index (κ1) is 17.2. The number of nitrogens with zero attached hydrogens (tertiary/aromatic N) is 3. The van der Waals surface area contributed by atoms with Crippen LogP contribution in [-0.2, 0) is 0 Å². The average molecular weight is 371 g/mol. The van der Waals surface area contributed by atoms with E-state index in [-0.39, 0.29) is 16.6 Å². The van der Waals surface area contributed by atoms with Crippen LogP contribution in [0.2, 0.25) is 0 Å². The molecule has 140 valence electrons. The molecule has 0 atom stereocenters. The first-order valence-electron chi connectivity index (χ1n) is 8.35. The second-order valence-electron chi connectivity index (χ2n) is 7.14. The van der Waals surface area contributed by atoms with Crippen LogP contribution in [-0.4, -0.2) is 46.4 Å². The number of aromatic carboxylic acids is 1. The third-order valence-electron chi connectivity index (χ3n) is 4.75. The first-order chi connectivity index (χ1) is 12.7. The Bertz CT molecular complexity index is 1160. The van der Waals surface area contributed by atoms with E-state index in [2.05, 4.69) is 10.4 Å². The molecule has 3 heterocycles. The fraction of sp³-hybridized carbons (Fsp3) is 0.278. The highest BCUT2D eigenvalue weighted by Gasteiger charge is 2.36. The molecule has 1 aliphatic rings. The summed E-state index contributed by atoms with van der Waals surface area (Å²) in [6, 6.07) is 4.39. The molecule has 0 radical (unpaired) electrons. The number of pyridine rings is 2. The average Bonchev–Trinajstić information content (AvgIpc) is 2.58. The van der Waals surface area contributed by atoms with Crippen LogP contribution in [0.15, 0.2) is 29.2 Å². The summed E-state index contributed by atoms with van der Waals surface area (Å²) in [6.45, 7) is 2.97. The van der Waals surface area contributed by atoms with Crippen LogP contribution in [0.4, 0.5) is 10.1 Å². The molecule has 1 saturated heterocycles. The normalized spacial score (nSPS) is 15.8. The number of nitrogens with two attached hydrogens (primary N) is 1. The van der Waals surface area contributed by atoms with Gasteiger partial charge in [0.1, 0.15) is 11.4 Å². The lowest BCUT2D eigenvalue weighted by Crippen LogP contribution is -2.65. The van der Waals surface area contributed by atoms with Gasteiger partial charge < -0.3 is 21.2 Å². The van der Waals surface area contributed by atoms with Crippen LogP contribution < -0.4 is 21.5 Å². The number of anilines is 1. The van der Waals surface area contributed by atoms with Gasteiger partial charge in [-0.25, -0.2) is 18.8 Å². The van der Waals surface area contributed by atoms with Crippen LogP contribution in [0.3, 0.4) is 0 Å². The van der Waals surface area contributed by atoms with Crippen LogP contribution >= 0.6 is 0 Å². The predicted octanol–water partition coefficient (Wildman–Crippen LogP) is 1.10. The van der Waals surface area contributed by atoms with Crippen molar-refractivity contribution in [3.63, 3.8) is 0 Å². The molecule has 0 amide bonds. The number of hydrogen-bond donors (Lipinski definition) is 3. The second-order valence-corrected chi connectivity index (χ2v) is 7.14. The smallest absolute Gasteiger partial charge is 0.341 e. The standard InChI is InChI=1S/C18H18FN5O3/c1-18(20)7-23(8-18)14-5-13-9(4-12(14)19)3-10-15(25)11(17(26)27)6-24(21-2)16(10)22-13/h3-6,21H,7-8,20H2,1-2H3,(H,26,27). The maximum absolute atomic E-state index is 14.6. The molecule has 0 spiro atoms. The van der Waals surface area contributed by atoms with Crippen molar-refractivity contribution in [2.24, 2.45) is 5.73 Å². The van der Waals surface area contributed by atoms with Gasteiger partial charge in [-0.2, -0.15) is 0 Å². The number of halogens is 1. The van der Waals surface area contributed by atoms with Gasteiger partial charge in [0, 0.05) is 37.3 Å². The summed E-state index contributed by atoms with van der Waals surface area (Å²) in [5.74, 6) is -1.78. The van der Waals surface area contributed by atoms with Gasteiger partial charge in [0.2, 0.25) is 5.43 Å². The lowest BCUT2D eigenvalue weighted by molar-refractivity contribution is 0.0695. The third kappa shape index (κ3) is 2.67. The van der Waals surface area contributed by atoms with Crippen LogP contribution in [0.5, 0.6) is 0 Å². The second kappa shape index (κ2) is 5.65. The highest BCUT2D eigenvalue weighted by Crippen LogP contribution is 2.31. The Hall–Kier alpha value is -3.20. The maximum atomic E-state index is 14.6. The summed E-state index contributed by atoms with van der Waals surface area (Å²) in [6.07, 6.45) is 1.19. The molecule has 4 rings (SSSR count). The highest BCUT2D eigenvalue weighted by molar-refractivity contribution is 5.97. The number of hydrogen-bond acceptors (Lipinski definition) is 6. The molecule has 2 aromatic heterocycles. The minimum atomic E-state index is -1.34. The monoisotopic (exact) mass is 371 g/mol. The fourth-order valence-electron chi connectivity index (χ4n) is 3.48. The SMILES string of the molecule is CNn1cc(C(=O)O)c(=O)c2cc3cc(F)c(N4CC(C)(N)C4)cc3nc21. The molecule has 0 unspecified atom stereocenters.